The fourth-order valence-electron chi connectivity index (χ4n) is 4.70. The largest absolute Gasteiger partial charge is 0.497 e. The topological polar surface area (TPSA) is 67.9 Å². The molecule has 1 aliphatic rings. The number of nitrogens with one attached hydrogen (secondary N) is 1. The summed E-state index contributed by atoms with van der Waals surface area (Å²) in [5, 5.41) is 3.21. The molecule has 2 aromatic rings. The minimum Gasteiger partial charge on any atom is -0.497 e. The van der Waals surface area contributed by atoms with E-state index in [-0.39, 0.29) is 30.4 Å². The van der Waals surface area contributed by atoms with E-state index < -0.39 is 6.04 Å². The molecule has 0 aromatic heterocycles. The molecular formula is C29H40N2O4. The van der Waals surface area contributed by atoms with Crippen molar-refractivity contribution in [3.63, 3.8) is 0 Å². The van der Waals surface area contributed by atoms with Gasteiger partial charge in [0.05, 0.1) is 7.11 Å². The van der Waals surface area contributed by atoms with Crippen molar-refractivity contribution in [1.82, 2.24) is 10.2 Å². The zero-order valence-corrected chi connectivity index (χ0v) is 21.6. The van der Waals surface area contributed by atoms with E-state index >= 15 is 0 Å². The highest BCUT2D eigenvalue weighted by atomic mass is 16.5. The van der Waals surface area contributed by atoms with E-state index in [1.807, 2.05) is 55.5 Å². The Balaban J connectivity index is 1.78. The van der Waals surface area contributed by atoms with Crippen molar-refractivity contribution < 1.29 is 19.1 Å². The van der Waals surface area contributed by atoms with Gasteiger partial charge in [-0.25, -0.2) is 0 Å². The lowest BCUT2D eigenvalue weighted by atomic mass is 9.95. The summed E-state index contributed by atoms with van der Waals surface area (Å²) in [6, 6.07) is 15.0. The molecule has 0 spiro atoms. The number of methoxy groups -OCH3 is 1. The Morgan fingerprint density at radius 2 is 1.71 bits per heavy atom. The Hall–Kier alpha value is -3.02. The third-order valence-corrected chi connectivity index (χ3v) is 6.74. The predicted molar refractivity (Wildman–Crippen MR) is 139 cm³/mol. The predicted octanol–water partition coefficient (Wildman–Crippen LogP) is 5.45. The van der Waals surface area contributed by atoms with Crippen LogP contribution in [0.15, 0.2) is 48.5 Å². The van der Waals surface area contributed by atoms with Crippen molar-refractivity contribution >= 4 is 11.8 Å². The fraction of sp³-hybridized carbons (Fsp3) is 0.517. The highest BCUT2D eigenvalue weighted by Crippen LogP contribution is 2.26. The summed E-state index contributed by atoms with van der Waals surface area (Å²) < 4.78 is 11.3. The lowest BCUT2D eigenvalue weighted by Gasteiger charge is -2.32. The number of amides is 2. The summed E-state index contributed by atoms with van der Waals surface area (Å²) in [7, 11) is 1.62. The van der Waals surface area contributed by atoms with Crippen LogP contribution in [0.2, 0.25) is 0 Å². The second kappa shape index (κ2) is 13.2. The molecular weight excluding hydrogens is 440 g/mol. The van der Waals surface area contributed by atoms with E-state index in [1.54, 1.807) is 12.0 Å². The highest BCUT2D eigenvalue weighted by Gasteiger charge is 2.30. The van der Waals surface area contributed by atoms with Gasteiger partial charge in [-0.05, 0) is 54.5 Å². The van der Waals surface area contributed by atoms with E-state index in [4.69, 9.17) is 9.47 Å². The molecule has 6 nitrogen and oxygen atoms in total. The van der Waals surface area contributed by atoms with Gasteiger partial charge in [0, 0.05) is 12.6 Å². The van der Waals surface area contributed by atoms with Crippen LogP contribution in [0.5, 0.6) is 11.5 Å². The molecule has 0 heterocycles. The van der Waals surface area contributed by atoms with Gasteiger partial charge >= 0.3 is 0 Å². The molecule has 2 amide bonds. The molecule has 1 atom stereocenters. The van der Waals surface area contributed by atoms with Gasteiger partial charge in [-0.1, -0.05) is 70.4 Å². The van der Waals surface area contributed by atoms with Gasteiger partial charge in [-0.2, -0.15) is 0 Å². The molecule has 1 saturated carbocycles. The van der Waals surface area contributed by atoms with Gasteiger partial charge in [0.2, 0.25) is 5.91 Å². The number of para-hydroxylation sites is 1. The highest BCUT2D eigenvalue weighted by molar-refractivity contribution is 5.88. The lowest BCUT2D eigenvalue weighted by molar-refractivity contribution is -0.143. The molecule has 1 aliphatic carbocycles. The maximum absolute atomic E-state index is 13.5. The average Bonchev–Trinajstić information content (AvgIpc) is 2.88. The smallest absolute Gasteiger partial charge is 0.261 e. The number of hydrogen-bond acceptors (Lipinski definition) is 4. The van der Waals surface area contributed by atoms with Crippen molar-refractivity contribution in [3.05, 3.63) is 59.7 Å². The van der Waals surface area contributed by atoms with Crippen LogP contribution in [0.1, 0.15) is 76.3 Å². The number of ether oxygens (including phenoxy) is 2. The quantitative estimate of drug-likeness (QED) is 0.464. The van der Waals surface area contributed by atoms with Crippen LogP contribution in [0, 0.1) is 0 Å². The van der Waals surface area contributed by atoms with Crippen LogP contribution in [0.3, 0.4) is 0 Å². The molecule has 35 heavy (non-hydrogen) atoms. The van der Waals surface area contributed by atoms with E-state index in [1.165, 1.54) is 6.42 Å². The number of hydrogen-bond donors (Lipinski definition) is 1. The molecule has 0 unspecified atom stereocenters. The van der Waals surface area contributed by atoms with E-state index in [0.717, 1.165) is 42.6 Å². The second-order valence-corrected chi connectivity index (χ2v) is 9.62. The van der Waals surface area contributed by atoms with Gasteiger partial charge in [-0.15, -0.1) is 0 Å². The Morgan fingerprint density at radius 1 is 1.03 bits per heavy atom. The van der Waals surface area contributed by atoms with Crippen molar-refractivity contribution in [2.45, 2.75) is 83.8 Å². The minimum absolute atomic E-state index is 0.0798. The molecule has 190 valence electrons. The van der Waals surface area contributed by atoms with Crippen LogP contribution in [0.25, 0.3) is 0 Å². The van der Waals surface area contributed by atoms with Crippen LogP contribution in [-0.4, -0.2) is 42.5 Å². The van der Waals surface area contributed by atoms with Crippen LogP contribution in [0.4, 0.5) is 0 Å². The van der Waals surface area contributed by atoms with Gasteiger partial charge in [0.25, 0.3) is 5.91 Å². The maximum Gasteiger partial charge on any atom is 0.261 e. The van der Waals surface area contributed by atoms with Gasteiger partial charge in [0.15, 0.2) is 6.61 Å². The first kappa shape index (κ1) is 26.6. The van der Waals surface area contributed by atoms with Crippen LogP contribution in [-0.2, 0) is 16.1 Å². The van der Waals surface area contributed by atoms with Crippen molar-refractivity contribution in [2.24, 2.45) is 0 Å². The van der Waals surface area contributed by atoms with Gasteiger partial charge in [0.1, 0.15) is 17.5 Å². The summed E-state index contributed by atoms with van der Waals surface area (Å²) in [5.41, 5.74) is 2.00. The van der Waals surface area contributed by atoms with E-state index in [0.29, 0.717) is 18.7 Å². The summed E-state index contributed by atoms with van der Waals surface area (Å²) in [4.78, 5) is 28.5. The van der Waals surface area contributed by atoms with Gasteiger partial charge < -0.3 is 19.7 Å². The average molecular weight is 481 g/mol. The monoisotopic (exact) mass is 480 g/mol. The summed E-state index contributed by atoms with van der Waals surface area (Å²) in [6.45, 7) is 6.36. The van der Waals surface area contributed by atoms with E-state index in [2.05, 4.69) is 19.2 Å². The maximum atomic E-state index is 13.5. The Morgan fingerprint density at radius 3 is 2.34 bits per heavy atom. The first-order valence-electron chi connectivity index (χ1n) is 12.9. The Labute approximate surface area is 210 Å². The molecule has 1 fully saturated rings. The SMILES string of the molecule is CC[C@@H](C(=O)NC1CCCCC1)N(Cc1ccc(OC)cc1)C(=O)COc1ccccc1C(C)C. The Kier molecular flexibility index (Phi) is 10.0. The molecule has 3 rings (SSSR count). The third-order valence-electron chi connectivity index (χ3n) is 6.74. The number of carbonyl (C=O) groups is 2. The van der Waals surface area contributed by atoms with Crippen molar-refractivity contribution in [2.75, 3.05) is 13.7 Å². The first-order valence-corrected chi connectivity index (χ1v) is 12.9. The zero-order chi connectivity index (χ0) is 25.2. The fourth-order valence-corrected chi connectivity index (χ4v) is 4.70. The zero-order valence-electron chi connectivity index (χ0n) is 21.6. The first-order chi connectivity index (χ1) is 16.9. The van der Waals surface area contributed by atoms with Crippen LogP contribution >= 0.6 is 0 Å². The molecule has 0 aliphatic heterocycles. The third kappa shape index (κ3) is 7.48. The number of benzene rings is 2. The molecule has 0 bridgehead atoms. The number of nitrogens with zero attached hydrogens (tertiary/aromatic N) is 1. The van der Waals surface area contributed by atoms with Gasteiger partial charge in [-0.3, -0.25) is 9.59 Å². The normalized spacial score (nSPS) is 14.9. The lowest BCUT2D eigenvalue weighted by Crippen LogP contribution is -2.52. The standard InChI is InChI=1S/C29H40N2O4/c1-5-26(29(33)30-23-11-7-6-8-12-23)31(19-22-15-17-24(34-4)18-16-22)28(32)20-35-27-14-10-9-13-25(27)21(2)3/h9-10,13-18,21,23,26H,5-8,11-12,19-20H2,1-4H3,(H,30,33)/t26-/m0/s1. The number of rotatable bonds is 11. The molecule has 0 radical (unpaired) electrons. The number of carbonyl (C=O) groups excluding carboxylic acids is 2. The van der Waals surface area contributed by atoms with Crippen LogP contribution < -0.4 is 14.8 Å². The second-order valence-electron chi connectivity index (χ2n) is 9.62. The van der Waals surface area contributed by atoms with Crippen molar-refractivity contribution in [3.8, 4) is 11.5 Å². The molecule has 2 aromatic carbocycles. The minimum atomic E-state index is -0.560. The molecule has 6 heteroatoms. The Bertz CT molecular complexity index is 951. The van der Waals surface area contributed by atoms with E-state index in [9.17, 15) is 9.59 Å². The molecule has 1 N–H and O–H groups in total. The molecule has 0 saturated heterocycles. The van der Waals surface area contributed by atoms with Crippen molar-refractivity contribution in [1.29, 1.82) is 0 Å². The summed E-state index contributed by atoms with van der Waals surface area (Å²) in [5.74, 6) is 1.46. The summed E-state index contributed by atoms with van der Waals surface area (Å²) >= 11 is 0. The summed E-state index contributed by atoms with van der Waals surface area (Å²) in [6.07, 6.45) is 6.04.